The van der Waals surface area contributed by atoms with Crippen molar-refractivity contribution in [3.63, 3.8) is 0 Å². The molecule has 1 atom stereocenters. The summed E-state index contributed by atoms with van der Waals surface area (Å²) in [6, 6.07) is 11.2. The Morgan fingerprint density at radius 3 is 2.52 bits per heavy atom. The van der Waals surface area contributed by atoms with Gasteiger partial charge < -0.3 is 19.5 Å². The summed E-state index contributed by atoms with van der Waals surface area (Å²) >= 11 is 0. The zero-order chi connectivity index (χ0) is 21.4. The van der Waals surface area contributed by atoms with E-state index >= 15 is 0 Å². The second-order valence-electron chi connectivity index (χ2n) is 6.37. The number of carbonyl (C=O) groups is 1. The molecule has 2 aromatic carbocycles. The summed E-state index contributed by atoms with van der Waals surface area (Å²) in [5.74, 6) is 0.855. The molecule has 0 aliphatic heterocycles. The summed E-state index contributed by atoms with van der Waals surface area (Å²) < 4.78 is 40.4. The number of para-hydroxylation sites is 2. The van der Waals surface area contributed by atoms with E-state index in [-0.39, 0.29) is 17.3 Å². The molecule has 0 radical (unpaired) electrons. The number of alkyl halides is 2. The molecule has 0 aromatic heterocycles. The number of ether oxygens (including phenoxy) is 3. The minimum atomic E-state index is -2.97. The van der Waals surface area contributed by atoms with Gasteiger partial charge in [-0.15, -0.1) is 0 Å². The fourth-order valence-electron chi connectivity index (χ4n) is 2.72. The van der Waals surface area contributed by atoms with Crippen LogP contribution < -0.4 is 19.5 Å². The van der Waals surface area contributed by atoms with Gasteiger partial charge in [-0.25, -0.2) is 0 Å². The van der Waals surface area contributed by atoms with Crippen LogP contribution in [0.4, 0.5) is 14.5 Å². The molecular formula is C21H26F2N2O4. The largest absolute Gasteiger partial charge is 0.493 e. The van der Waals surface area contributed by atoms with Crippen LogP contribution in [0, 0.1) is 0 Å². The highest BCUT2D eigenvalue weighted by Crippen LogP contribution is 2.29. The molecule has 0 aliphatic rings. The maximum absolute atomic E-state index is 12.6. The van der Waals surface area contributed by atoms with Crippen molar-refractivity contribution in [3.8, 4) is 17.2 Å². The van der Waals surface area contributed by atoms with Gasteiger partial charge in [0.25, 0.3) is 0 Å². The van der Waals surface area contributed by atoms with Crippen molar-refractivity contribution >= 4 is 11.6 Å². The van der Waals surface area contributed by atoms with Gasteiger partial charge >= 0.3 is 6.61 Å². The first-order valence-electron chi connectivity index (χ1n) is 9.20. The summed E-state index contributed by atoms with van der Waals surface area (Å²) in [6.07, 6.45) is 0. The van der Waals surface area contributed by atoms with E-state index in [1.54, 1.807) is 33.2 Å². The molecule has 0 heterocycles. The minimum Gasteiger partial charge on any atom is -0.493 e. The third kappa shape index (κ3) is 6.32. The minimum absolute atomic E-state index is 0.0815. The van der Waals surface area contributed by atoms with Crippen molar-refractivity contribution in [3.05, 3.63) is 48.0 Å². The highest BCUT2D eigenvalue weighted by Gasteiger charge is 2.20. The van der Waals surface area contributed by atoms with Crippen LogP contribution in [0.1, 0.15) is 19.4 Å². The SMILES string of the molecule is CCOc1ccc(CN(C)C(C)C(=O)Nc2ccccc2OC(F)F)cc1OC. The second kappa shape index (κ2) is 10.6. The molecule has 2 rings (SSSR count). The van der Waals surface area contributed by atoms with Crippen molar-refractivity contribution in [2.24, 2.45) is 0 Å². The van der Waals surface area contributed by atoms with E-state index in [1.165, 1.54) is 12.1 Å². The van der Waals surface area contributed by atoms with Crippen molar-refractivity contribution in [2.75, 3.05) is 26.1 Å². The monoisotopic (exact) mass is 408 g/mol. The molecule has 0 aliphatic carbocycles. The molecule has 0 fully saturated rings. The zero-order valence-electron chi connectivity index (χ0n) is 16.9. The fourth-order valence-corrected chi connectivity index (χ4v) is 2.72. The Morgan fingerprint density at radius 1 is 1.14 bits per heavy atom. The summed E-state index contributed by atoms with van der Waals surface area (Å²) in [6.45, 7) is 1.67. The lowest BCUT2D eigenvalue weighted by molar-refractivity contribution is -0.120. The highest BCUT2D eigenvalue weighted by molar-refractivity contribution is 5.95. The number of nitrogens with zero attached hydrogens (tertiary/aromatic N) is 1. The van der Waals surface area contributed by atoms with Crippen molar-refractivity contribution in [2.45, 2.75) is 33.0 Å². The number of hydrogen-bond donors (Lipinski definition) is 1. The van der Waals surface area contributed by atoms with Gasteiger partial charge in [-0.2, -0.15) is 8.78 Å². The van der Waals surface area contributed by atoms with E-state index in [4.69, 9.17) is 9.47 Å². The van der Waals surface area contributed by atoms with Gasteiger partial charge in [0.15, 0.2) is 11.5 Å². The predicted molar refractivity (Wildman–Crippen MR) is 107 cm³/mol. The van der Waals surface area contributed by atoms with Crippen molar-refractivity contribution in [1.29, 1.82) is 0 Å². The Labute approximate surface area is 169 Å². The van der Waals surface area contributed by atoms with Crippen LogP contribution in [-0.2, 0) is 11.3 Å². The Bertz CT molecular complexity index is 817. The van der Waals surface area contributed by atoms with Gasteiger partial charge in [-0.3, -0.25) is 9.69 Å². The average Bonchev–Trinajstić information content (AvgIpc) is 2.69. The number of benzene rings is 2. The quantitative estimate of drug-likeness (QED) is 0.640. The van der Waals surface area contributed by atoms with Crippen LogP contribution in [0.2, 0.25) is 0 Å². The Kier molecular flexibility index (Phi) is 8.21. The van der Waals surface area contributed by atoms with Gasteiger partial charge in [0.1, 0.15) is 5.75 Å². The van der Waals surface area contributed by atoms with E-state index < -0.39 is 12.7 Å². The Hall–Kier alpha value is -2.87. The van der Waals surface area contributed by atoms with Crippen LogP contribution in [0.3, 0.4) is 0 Å². The van der Waals surface area contributed by atoms with Gasteiger partial charge in [0.2, 0.25) is 5.91 Å². The summed E-state index contributed by atoms with van der Waals surface area (Å²) in [5.41, 5.74) is 1.13. The summed E-state index contributed by atoms with van der Waals surface area (Å²) in [5, 5.41) is 2.65. The van der Waals surface area contributed by atoms with Crippen molar-refractivity contribution < 1.29 is 27.8 Å². The van der Waals surface area contributed by atoms with E-state index in [2.05, 4.69) is 10.1 Å². The number of likely N-dealkylation sites (N-methyl/N-ethyl adjacent to an activating group) is 1. The number of amides is 1. The third-order valence-electron chi connectivity index (χ3n) is 4.36. The van der Waals surface area contributed by atoms with E-state index in [0.29, 0.717) is 24.7 Å². The molecule has 29 heavy (non-hydrogen) atoms. The van der Waals surface area contributed by atoms with Crippen LogP contribution in [0.5, 0.6) is 17.2 Å². The molecule has 0 saturated carbocycles. The zero-order valence-corrected chi connectivity index (χ0v) is 16.9. The lowest BCUT2D eigenvalue weighted by Gasteiger charge is -2.24. The van der Waals surface area contributed by atoms with Gasteiger partial charge in [0, 0.05) is 6.54 Å². The van der Waals surface area contributed by atoms with Crippen molar-refractivity contribution in [1.82, 2.24) is 4.90 Å². The van der Waals surface area contributed by atoms with E-state index in [9.17, 15) is 13.6 Å². The highest BCUT2D eigenvalue weighted by atomic mass is 19.3. The van der Waals surface area contributed by atoms with Gasteiger partial charge in [0.05, 0.1) is 25.4 Å². The number of carbonyl (C=O) groups excluding carboxylic acids is 1. The van der Waals surface area contributed by atoms with E-state index in [1.807, 2.05) is 30.0 Å². The number of rotatable bonds is 10. The number of hydrogen-bond acceptors (Lipinski definition) is 5. The smallest absolute Gasteiger partial charge is 0.387 e. The number of nitrogens with one attached hydrogen (secondary N) is 1. The van der Waals surface area contributed by atoms with E-state index in [0.717, 1.165) is 5.56 Å². The molecule has 1 amide bonds. The predicted octanol–water partition coefficient (Wildman–Crippen LogP) is 4.15. The molecule has 1 unspecified atom stereocenters. The first-order chi connectivity index (χ1) is 13.8. The van der Waals surface area contributed by atoms with Crippen LogP contribution in [-0.4, -0.2) is 44.2 Å². The topological polar surface area (TPSA) is 60.0 Å². The first-order valence-corrected chi connectivity index (χ1v) is 9.20. The third-order valence-corrected chi connectivity index (χ3v) is 4.36. The second-order valence-corrected chi connectivity index (χ2v) is 6.37. The molecule has 0 spiro atoms. The van der Waals surface area contributed by atoms with Crippen LogP contribution in [0.15, 0.2) is 42.5 Å². The molecule has 158 valence electrons. The Morgan fingerprint density at radius 2 is 1.86 bits per heavy atom. The summed E-state index contributed by atoms with van der Waals surface area (Å²) in [7, 11) is 3.37. The lowest BCUT2D eigenvalue weighted by atomic mass is 10.1. The molecule has 2 aromatic rings. The number of anilines is 1. The Balaban J connectivity index is 2.05. The fraction of sp³-hybridized carbons (Fsp3) is 0.381. The molecule has 1 N–H and O–H groups in total. The number of halogens is 2. The molecular weight excluding hydrogens is 382 g/mol. The molecule has 0 saturated heterocycles. The molecule has 6 nitrogen and oxygen atoms in total. The van der Waals surface area contributed by atoms with Gasteiger partial charge in [-0.05, 0) is 50.7 Å². The summed E-state index contributed by atoms with van der Waals surface area (Å²) in [4.78, 5) is 14.4. The average molecular weight is 408 g/mol. The normalized spacial score (nSPS) is 12.0. The maximum Gasteiger partial charge on any atom is 0.387 e. The van der Waals surface area contributed by atoms with Crippen LogP contribution >= 0.6 is 0 Å². The molecule has 8 heteroatoms. The van der Waals surface area contributed by atoms with Crippen LogP contribution in [0.25, 0.3) is 0 Å². The lowest BCUT2D eigenvalue weighted by Crippen LogP contribution is -2.39. The standard InChI is InChI=1S/C21H26F2N2O4/c1-5-28-18-11-10-15(12-19(18)27-4)13-25(3)14(2)20(26)24-16-8-6-7-9-17(16)29-21(22)23/h6-12,14,21H,5,13H2,1-4H3,(H,24,26). The molecule has 0 bridgehead atoms. The maximum atomic E-state index is 12.6. The van der Waals surface area contributed by atoms with Gasteiger partial charge in [-0.1, -0.05) is 18.2 Å². The number of methoxy groups -OCH3 is 1. The first kappa shape index (κ1) is 22.4.